The zero-order valence-corrected chi connectivity index (χ0v) is 14.0. The Labute approximate surface area is 139 Å². The smallest absolute Gasteiger partial charge is 0.231 e. The van der Waals surface area contributed by atoms with Gasteiger partial charge < -0.3 is 19.7 Å². The first-order valence-corrected chi connectivity index (χ1v) is 8.27. The van der Waals surface area contributed by atoms with Crippen molar-refractivity contribution >= 4 is 17.2 Å². The highest BCUT2D eigenvalue weighted by atomic mass is 32.1. The number of nitrogens with zero attached hydrogens (tertiary/aromatic N) is 2. The minimum Gasteiger partial charge on any atom is -0.454 e. The number of thiazole rings is 1. The number of nitrogens with one attached hydrogen (secondary N) is 1. The highest BCUT2D eigenvalue weighted by Gasteiger charge is 2.15. The van der Waals surface area contributed by atoms with E-state index < -0.39 is 0 Å². The Balaban J connectivity index is 1.55. The van der Waals surface area contributed by atoms with Gasteiger partial charge in [-0.1, -0.05) is 0 Å². The molecule has 1 N–H and O–H groups in total. The summed E-state index contributed by atoms with van der Waals surface area (Å²) >= 11 is 1.59. The van der Waals surface area contributed by atoms with Crippen molar-refractivity contribution in [3.8, 4) is 22.1 Å². The number of hydrogen-bond donors (Lipinski definition) is 1. The van der Waals surface area contributed by atoms with Crippen molar-refractivity contribution in [2.24, 2.45) is 0 Å². The molecule has 1 aliphatic rings. The van der Waals surface area contributed by atoms with Gasteiger partial charge in [0.1, 0.15) is 5.01 Å². The third kappa shape index (κ3) is 3.80. The molecule has 2 heterocycles. The van der Waals surface area contributed by atoms with Crippen LogP contribution in [0.1, 0.15) is 12.1 Å². The van der Waals surface area contributed by atoms with Crippen molar-refractivity contribution < 1.29 is 14.3 Å². The lowest BCUT2D eigenvalue weighted by Crippen LogP contribution is -2.26. The summed E-state index contributed by atoms with van der Waals surface area (Å²) in [5.74, 6) is 1.66. The predicted molar refractivity (Wildman–Crippen MR) is 88.7 cm³/mol. The van der Waals surface area contributed by atoms with Crippen LogP contribution in [0.5, 0.6) is 11.5 Å². The number of benzene rings is 1. The molecule has 0 spiro atoms. The maximum atomic E-state index is 11.5. The van der Waals surface area contributed by atoms with Crippen LogP contribution in [0.4, 0.5) is 0 Å². The van der Waals surface area contributed by atoms with Crippen LogP contribution in [0.2, 0.25) is 0 Å². The molecule has 0 aliphatic carbocycles. The largest absolute Gasteiger partial charge is 0.454 e. The summed E-state index contributed by atoms with van der Waals surface area (Å²) in [5, 5.41) is 6.22. The number of fused-ring (bicyclic) bond motifs is 1. The lowest BCUT2D eigenvalue weighted by molar-refractivity contribution is -0.128. The second-order valence-corrected chi connectivity index (χ2v) is 6.29. The van der Waals surface area contributed by atoms with Gasteiger partial charge in [-0.15, -0.1) is 11.3 Å². The van der Waals surface area contributed by atoms with Crippen LogP contribution < -0.4 is 14.8 Å². The lowest BCUT2D eigenvalue weighted by Gasteiger charge is -2.09. The predicted octanol–water partition coefficient (Wildman–Crippen LogP) is 2.11. The Morgan fingerprint density at radius 1 is 1.35 bits per heavy atom. The molecule has 1 amide bonds. The number of amides is 1. The van der Waals surface area contributed by atoms with Crippen molar-refractivity contribution in [3.05, 3.63) is 29.3 Å². The summed E-state index contributed by atoms with van der Waals surface area (Å²) in [6, 6.07) is 5.84. The van der Waals surface area contributed by atoms with E-state index >= 15 is 0 Å². The molecule has 0 radical (unpaired) electrons. The quantitative estimate of drug-likeness (QED) is 0.820. The maximum Gasteiger partial charge on any atom is 0.231 e. The Bertz CT molecular complexity index is 700. The maximum absolute atomic E-state index is 11.5. The Kier molecular flexibility index (Phi) is 4.78. The van der Waals surface area contributed by atoms with Crippen LogP contribution in [0.3, 0.4) is 0 Å². The average Bonchev–Trinajstić information content (AvgIpc) is 3.19. The lowest BCUT2D eigenvalue weighted by atomic mass is 10.2. The highest BCUT2D eigenvalue weighted by molar-refractivity contribution is 7.13. The topological polar surface area (TPSA) is 63.7 Å². The molecule has 0 unspecified atom stereocenters. The third-order valence-electron chi connectivity index (χ3n) is 3.49. The minimum absolute atomic E-state index is 0.122. The zero-order valence-electron chi connectivity index (χ0n) is 13.2. The van der Waals surface area contributed by atoms with E-state index in [0.29, 0.717) is 19.5 Å². The van der Waals surface area contributed by atoms with Gasteiger partial charge in [0.25, 0.3) is 0 Å². The van der Waals surface area contributed by atoms with Crippen LogP contribution in [-0.2, 0) is 11.3 Å². The van der Waals surface area contributed by atoms with Crippen LogP contribution in [0, 0.1) is 0 Å². The molecule has 7 heteroatoms. The third-order valence-corrected chi connectivity index (χ3v) is 4.43. The first-order valence-electron chi connectivity index (χ1n) is 7.39. The number of rotatable bonds is 6. The van der Waals surface area contributed by atoms with Gasteiger partial charge in [0, 0.05) is 44.5 Å². The molecule has 6 nitrogen and oxygen atoms in total. The number of aromatic nitrogens is 1. The SMILES string of the molecule is CN(C)C(=O)CCNCc1csc(-c2ccc3c(c2)OCO3)n1. The Hall–Kier alpha value is -2.12. The minimum atomic E-state index is 0.122. The molecule has 1 aromatic heterocycles. The van der Waals surface area contributed by atoms with Crippen molar-refractivity contribution in [1.82, 2.24) is 15.2 Å². The number of carbonyl (C=O) groups excluding carboxylic acids is 1. The van der Waals surface area contributed by atoms with Gasteiger partial charge in [0.15, 0.2) is 11.5 Å². The van der Waals surface area contributed by atoms with E-state index in [1.165, 1.54) is 0 Å². The van der Waals surface area contributed by atoms with Crippen LogP contribution >= 0.6 is 11.3 Å². The fraction of sp³-hybridized carbons (Fsp3) is 0.375. The molecule has 0 bridgehead atoms. The van der Waals surface area contributed by atoms with Gasteiger partial charge >= 0.3 is 0 Å². The second-order valence-electron chi connectivity index (χ2n) is 5.43. The molecule has 122 valence electrons. The first-order chi connectivity index (χ1) is 11.1. The van der Waals surface area contributed by atoms with E-state index in [9.17, 15) is 4.79 Å². The molecule has 3 rings (SSSR count). The van der Waals surface area contributed by atoms with E-state index in [-0.39, 0.29) is 12.7 Å². The molecular weight excluding hydrogens is 314 g/mol. The van der Waals surface area contributed by atoms with Gasteiger partial charge in [-0.3, -0.25) is 4.79 Å². The summed E-state index contributed by atoms with van der Waals surface area (Å²) in [7, 11) is 3.53. The van der Waals surface area contributed by atoms with Crippen LogP contribution in [-0.4, -0.2) is 43.2 Å². The van der Waals surface area contributed by atoms with Crippen molar-refractivity contribution in [3.63, 3.8) is 0 Å². The molecule has 0 fully saturated rings. The average molecular weight is 333 g/mol. The van der Waals surface area contributed by atoms with Crippen molar-refractivity contribution in [1.29, 1.82) is 0 Å². The van der Waals surface area contributed by atoms with Crippen LogP contribution in [0.15, 0.2) is 23.6 Å². The molecule has 23 heavy (non-hydrogen) atoms. The van der Waals surface area contributed by atoms with Gasteiger partial charge in [-0.2, -0.15) is 0 Å². The highest BCUT2D eigenvalue weighted by Crippen LogP contribution is 2.36. The number of carbonyl (C=O) groups is 1. The second kappa shape index (κ2) is 6.97. The van der Waals surface area contributed by atoms with E-state index in [0.717, 1.165) is 27.8 Å². The van der Waals surface area contributed by atoms with E-state index in [2.05, 4.69) is 10.3 Å². The van der Waals surface area contributed by atoms with Gasteiger partial charge in [0.2, 0.25) is 12.7 Å². The molecule has 2 aromatic rings. The summed E-state index contributed by atoms with van der Waals surface area (Å²) in [6.07, 6.45) is 0.492. The molecule has 1 aromatic carbocycles. The van der Waals surface area contributed by atoms with Gasteiger partial charge in [-0.05, 0) is 18.2 Å². The van der Waals surface area contributed by atoms with E-state index in [4.69, 9.17) is 9.47 Å². The van der Waals surface area contributed by atoms with Crippen molar-refractivity contribution in [2.75, 3.05) is 27.4 Å². The molecule has 0 saturated carbocycles. The monoisotopic (exact) mass is 333 g/mol. The van der Waals surface area contributed by atoms with Gasteiger partial charge in [0.05, 0.1) is 5.69 Å². The molecule has 0 saturated heterocycles. The van der Waals surface area contributed by atoms with Gasteiger partial charge in [-0.25, -0.2) is 4.98 Å². The van der Waals surface area contributed by atoms with E-state index in [1.807, 2.05) is 23.6 Å². The number of ether oxygens (including phenoxy) is 2. The van der Waals surface area contributed by atoms with E-state index in [1.54, 1.807) is 30.3 Å². The Morgan fingerprint density at radius 3 is 3.00 bits per heavy atom. The molecule has 1 aliphatic heterocycles. The fourth-order valence-corrected chi connectivity index (χ4v) is 3.00. The number of hydrogen-bond acceptors (Lipinski definition) is 6. The Morgan fingerprint density at radius 2 is 2.17 bits per heavy atom. The van der Waals surface area contributed by atoms with Crippen molar-refractivity contribution in [2.45, 2.75) is 13.0 Å². The summed E-state index contributed by atoms with van der Waals surface area (Å²) in [6.45, 7) is 1.58. The summed E-state index contributed by atoms with van der Waals surface area (Å²) in [4.78, 5) is 17.7. The first kappa shape index (κ1) is 15.8. The van der Waals surface area contributed by atoms with Crippen LogP contribution in [0.25, 0.3) is 10.6 Å². The molecule has 0 atom stereocenters. The normalized spacial score (nSPS) is 12.4. The standard InChI is InChI=1S/C16H19N3O3S/c1-19(2)15(20)5-6-17-8-12-9-23-16(18-12)11-3-4-13-14(7-11)22-10-21-13/h3-4,7,9,17H,5-6,8,10H2,1-2H3. The fourth-order valence-electron chi connectivity index (χ4n) is 2.19. The summed E-state index contributed by atoms with van der Waals surface area (Å²) < 4.78 is 10.7. The summed E-state index contributed by atoms with van der Waals surface area (Å²) in [5.41, 5.74) is 1.99. The molecular formula is C16H19N3O3S. The zero-order chi connectivity index (χ0) is 16.2.